The van der Waals surface area contributed by atoms with Gasteiger partial charge >= 0.3 is 0 Å². The van der Waals surface area contributed by atoms with Gasteiger partial charge in [0.05, 0.1) is 0 Å². The van der Waals surface area contributed by atoms with Crippen molar-refractivity contribution in [3.05, 3.63) is 49.1 Å². The number of halogens is 1. The Labute approximate surface area is 110 Å². The normalized spacial score (nSPS) is 8.00. The van der Waals surface area contributed by atoms with Crippen molar-refractivity contribution in [2.45, 2.75) is 20.3 Å². The van der Waals surface area contributed by atoms with Gasteiger partial charge in [-0.15, -0.1) is 0 Å². The summed E-state index contributed by atoms with van der Waals surface area (Å²) in [7, 11) is 0. The van der Waals surface area contributed by atoms with E-state index in [1.165, 1.54) is 12.1 Å². The Balaban J connectivity index is 0. The van der Waals surface area contributed by atoms with Crippen LogP contribution in [0.15, 0.2) is 30.8 Å². The molecule has 0 unspecified atom stereocenters. The van der Waals surface area contributed by atoms with E-state index in [1.54, 1.807) is 6.07 Å². The molecule has 0 aliphatic heterocycles. The Morgan fingerprint density at radius 1 is 1.43 bits per heavy atom. The molecule has 0 bridgehead atoms. The smallest absolute Gasteiger partial charge is 0.123 e. The van der Waals surface area contributed by atoms with Crippen molar-refractivity contribution in [2.24, 2.45) is 0 Å². The van der Waals surface area contributed by atoms with Crippen molar-refractivity contribution in [1.82, 2.24) is 0 Å². The van der Waals surface area contributed by atoms with E-state index in [9.17, 15) is 4.39 Å². The zero-order chi connectivity index (χ0) is 10.3. The molecular formula is C12H16FU-. The Morgan fingerprint density at radius 3 is 2.43 bits per heavy atom. The maximum Gasteiger partial charge on any atom is 0.123 e. The Kier molecular flexibility index (Phi) is 11.1. The van der Waals surface area contributed by atoms with Gasteiger partial charge < -0.3 is 6.92 Å². The molecular weight excluding hydrogens is 401 g/mol. The standard InChI is InChI=1S/C10H10F.C2H6.U/c1-3-8(2)9-5-4-6-10(11)7-9;1-2;/h4-7H,1-3H2;1-2H3;/q-1;;. The van der Waals surface area contributed by atoms with E-state index in [0.717, 1.165) is 11.1 Å². The maximum absolute atomic E-state index is 12.6. The van der Waals surface area contributed by atoms with Crippen molar-refractivity contribution < 1.29 is 35.5 Å². The van der Waals surface area contributed by atoms with Gasteiger partial charge in [0.2, 0.25) is 0 Å². The summed E-state index contributed by atoms with van der Waals surface area (Å²) < 4.78 is 12.6. The molecule has 0 fully saturated rings. The van der Waals surface area contributed by atoms with Crippen LogP contribution in [-0.4, -0.2) is 0 Å². The van der Waals surface area contributed by atoms with Crippen LogP contribution in [0.3, 0.4) is 0 Å². The summed E-state index contributed by atoms with van der Waals surface area (Å²) in [5, 5.41) is 0. The van der Waals surface area contributed by atoms with Crippen LogP contribution in [0.1, 0.15) is 25.8 Å². The Hall–Kier alpha value is -0.0581. The predicted molar refractivity (Wildman–Crippen MR) is 56.8 cm³/mol. The largest absolute Gasteiger partial charge is 0.339 e. The van der Waals surface area contributed by atoms with E-state index >= 15 is 0 Å². The first-order chi connectivity index (χ1) is 6.24. The van der Waals surface area contributed by atoms with Crippen molar-refractivity contribution in [3.63, 3.8) is 0 Å². The van der Waals surface area contributed by atoms with Gasteiger partial charge in [-0.3, -0.25) is 0 Å². The molecule has 14 heavy (non-hydrogen) atoms. The van der Waals surface area contributed by atoms with Gasteiger partial charge in [-0.2, -0.15) is 6.42 Å². The summed E-state index contributed by atoms with van der Waals surface area (Å²) in [6.07, 6.45) is 0.615. The SMILES string of the molecule is C=C(C[CH2-])c1cccc(F)c1.CC.[U]. The molecule has 2 heteroatoms. The third kappa shape index (κ3) is 5.63. The fourth-order valence-corrected chi connectivity index (χ4v) is 0.853. The molecule has 0 aliphatic carbocycles. The van der Waals surface area contributed by atoms with Gasteiger partial charge in [0.1, 0.15) is 5.82 Å². The van der Waals surface area contributed by atoms with Gasteiger partial charge in [0.15, 0.2) is 0 Å². The third-order valence-corrected chi connectivity index (χ3v) is 1.53. The summed E-state index contributed by atoms with van der Waals surface area (Å²) in [4.78, 5) is 0. The molecule has 0 radical (unpaired) electrons. The summed E-state index contributed by atoms with van der Waals surface area (Å²) in [5.41, 5.74) is 1.70. The number of rotatable bonds is 2. The monoisotopic (exact) mass is 417 g/mol. The van der Waals surface area contributed by atoms with Crippen molar-refractivity contribution >= 4 is 5.57 Å². The first-order valence-corrected chi connectivity index (χ1v) is 4.47. The molecule has 76 valence electrons. The summed E-state index contributed by atoms with van der Waals surface area (Å²) in [6, 6.07) is 6.38. The first kappa shape index (κ1) is 16.4. The van der Waals surface area contributed by atoms with Gasteiger partial charge in [-0.05, 0) is 17.7 Å². The fraction of sp³-hybridized carbons (Fsp3) is 0.250. The topological polar surface area (TPSA) is 0 Å². The van der Waals surface area contributed by atoms with Crippen LogP contribution < -0.4 is 0 Å². The van der Waals surface area contributed by atoms with Crippen LogP contribution in [0.4, 0.5) is 4.39 Å². The molecule has 0 N–H and O–H groups in total. The minimum atomic E-state index is -0.225. The van der Waals surface area contributed by atoms with Crippen LogP contribution in [0.5, 0.6) is 0 Å². The van der Waals surface area contributed by atoms with Crippen LogP contribution in [0.2, 0.25) is 0 Å². The van der Waals surface area contributed by atoms with Crippen LogP contribution in [0, 0.1) is 43.9 Å². The molecule has 0 nitrogen and oxygen atoms in total. The number of hydrogen-bond acceptors (Lipinski definition) is 0. The average Bonchev–Trinajstić information content (AvgIpc) is 2.20. The van der Waals surface area contributed by atoms with E-state index in [-0.39, 0.29) is 36.9 Å². The molecule has 1 aromatic carbocycles. The molecule has 0 aliphatic rings. The first-order valence-electron chi connectivity index (χ1n) is 4.47. The molecule has 0 saturated carbocycles. The van der Waals surface area contributed by atoms with E-state index in [0.29, 0.717) is 6.42 Å². The summed E-state index contributed by atoms with van der Waals surface area (Å²) in [6.45, 7) is 11.4. The number of hydrogen-bond donors (Lipinski definition) is 0. The van der Waals surface area contributed by atoms with E-state index in [2.05, 4.69) is 13.5 Å². The van der Waals surface area contributed by atoms with Gasteiger partial charge in [0.25, 0.3) is 0 Å². The van der Waals surface area contributed by atoms with Crippen LogP contribution in [-0.2, 0) is 0 Å². The Morgan fingerprint density at radius 2 is 2.00 bits per heavy atom. The van der Waals surface area contributed by atoms with Crippen LogP contribution in [0.25, 0.3) is 5.57 Å². The Bertz CT molecular complexity index is 269. The molecule has 1 aromatic rings. The van der Waals surface area contributed by atoms with Crippen molar-refractivity contribution in [3.8, 4) is 0 Å². The number of benzene rings is 1. The van der Waals surface area contributed by atoms with E-state index < -0.39 is 0 Å². The third-order valence-electron chi connectivity index (χ3n) is 1.53. The maximum atomic E-state index is 12.6. The molecule has 0 atom stereocenters. The predicted octanol–water partition coefficient (Wildman–Crippen LogP) is 4.09. The second kappa shape index (κ2) is 9.50. The molecule has 0 heterocycles. The van der Waals surface area contributed by atoms with Crippen LogP contribution >= 0.6 is 0 Å². The minimum absolute atomic E-state index is 0. The van der Waals surface area contributed by atoms with Gasteiger partial charge in [0, 0.05) is 31.1 Å². The molecule has 0 saturated heterocycles. The number of allylic oxidation sites excluding steroid dienone is 1. The quantitative estimate of drug-likeness (QED) is 0.636. The molecule has 0 aromatic heterocycles. The van der Waals surface area contributed by atoms with Crippen molar-refractivity contribution in [1.29, 1.82) is 0 Å². The zero-order valence-electron chi connectivity index (χ0n) is 8.81. The molecule has 0 spiro atoms. The van der Waals surface area contributed by atoms with E-state index in [4.69, 9.17) is 0 Å². The zero-order valence-corrected chi connectivity index (χ0v) is 13.0. The minimum Gasteiger partial charge on any atom is -0.339 e. The fourth-order valence-electron chi connectivity index (χ4n) is 0.853. The van der Waals surface area contributed by atoms with Gasteiger partial charge in [-0.25, -0.2) is 4.39 Å². The molecule has 0 amide bonds. The summed E-state index contributed by atoms with van der Waals surface area (Å²) >= 11 is 0. The molecule has 1 rings (SSSR count). The van der Waals surface area contributed by atoms with Gasteiger partial charge in [-0.1, -0.05) is 38.1 Å². The second-order valence-corrected chi connectivity index (χ2v) is 2.36. The average molecular weight is 417 g/mol. The van der Waals surface area contributed by atoms with Crippen molar-refractivity contribution in [2.75, 3.05) is 0 Å². The van der Waals surface area contributed by atoms with E-state index in [1.807, 2.05) is 19.9 Å². The second-order valence-electron chi connectivity index (χ2n) is 2.36. The summed E-state index contributed by atoms with van der Waals surface area (Å²) in [5.74, 6) is -0.225.